The molecule has 1 heterocycles. The highest BCUT2D eigenvalue weighted by Crippen LogP contribution is 2.23. The van der Waals surface area contributed by atoms with Crippen LogP contribution in [0.3, 0.4) is 0 Å². The number of aliphatic imine (C=N–C) groups is 1. The molecule has 0 amide bonds. The van der Waals surface area contributed by atoms with Crippen LogP contribution in [0.5, 0.6) is 0 Å². The first-order chi connectivity index (χ1) is 8.65. The minimum absolute atomic E-state index is 0.112. The number of nitrogens with two attached hydrogens (primary N) is 1. The van der Waals surface area contributed by atoms with Crippen LogP contribution in [0, 0.1) is 0 Å². The van der Waals surface area contributed by atoms with Crippen LogP contribution in [-0.4, -0.2) is 24.3 Å². The summed E-state index contributed by atoms with van der Waals surface area (Å²) in [4.78, 5) is 6.24. The highest BCUT2D eigenvalue weighted by Gasteiger charge is 2.13. The second kappa shape index (κ2) is 5.19. The molecule has 18 heavy (non-hydrogen) atoms. The van der Waals surface area contributed by atoms with Crippen molar-refractivity contribution in [2.45, 2.75) is 19.5 Å². The van der Waals surface area contributed by atoms with Gasteiger partial charge in [0, 0.05) is 25.4 Å². The SMILES string of the molecule is C=CN(C)/C(=C\C)c1ccc2c(c1)CC(N)N=C2. The largest absolute Gasteiger partial charge is 0.351 e. The lowest BCUT2D eigenvalue weighted by atomic mass is 9.97. The average Bonchev–Trinajstić information content (AvgIpc) is 2.38. The molecule has 1 aliphatic rings. The Balaban J connectivity index is 2.40. The van der Waals surface area contributed by atoms with E-state index in [0.717, 1.165) is 17.7 Å². The molecular formula is C15H19N3. The van der Waals surface area contributed by atoms with Crippen molar-refractivity contribution in [2.24, 2.45) is 10.7 Å². The summed E-state index contributed by atoms with van der Waals surface area (Å²) in [5.74, 6) is 0. The van der Waals surface area contributed by atoms with E-state index in [-0.39, 0.29) is 6.17 Å². The standard InChI is InChI=1S/C15H19N3/c1-4-14(18(3)5-2)11-6-7-12-10-17-15(16)9-13(12)8-11/h4-8,10,15H,2,9,16H2,1,3H3/b14-4-. The van der Waals surface area contributed by atoms with E-state index in [0.29, 0.717) is 0 Å². The van der Waals surface area contributed by atoms with Gasteiger partial charge in [-0.25, -0.2) is 0 Å². The molecule has 1 atom stereocenters. The van der Waals surface area contributed by atoms with Crippen LogP contribution in [0.2, 0.25) is 0 Å². The Labute approximate surface area is 108 Å². The second-order valence-corrected chi connectivity index (χ2v) is 4.43. The summed E-state index contributed by atoms with van der Waals surface area (Å²) in [5.41, 5.74) is 10.6. The quantitative estimate of drug-likeness (QED) is 0.882. The summed E-state index contributed by atoms with van der Waals surface area (Å²) in [7, 11) is 2.00. The fourth-order valence-electron chi connectivity index (χ4n) is 2.19. The first-order valence-corrected chi connectivity index (χ1v) is 6.09. The van der Waals surface area contributed by atoms with Crippen LogP contribution in [-0.2, 0) is 6.42 Å². The first-order valence-electron chi connectivity index (χ1n) is 6.09. The molecule has 94 valence electrons. The van der Waals surface area contributed by atoms with Gasteiger partial charge in [-0.05, 0) is 35.9 Å². The van der Waals surface area contributed by atoms with E-state index < -0.39 is 0 Å². The number of hydrogen-bond donors (Lipinski definition) is 1. The van der Waals surface area contributed by atoms with E-state index in [4.69, 9.17) is 5.73 Å². The molecule has 1 aliphatic heterocycles. The minimum Gasteiger partial charge on any atom is -0.351 e. The van der Waals surface area contributed by atoms with Gasteiger partial charge in [-0.1, -0.05) is 24.8 Å². The van der Waals surface area contributed by atoms with Crippen LogP contribution in [0.1, 0.15) is 23.6 Å². The number of allylic oxidation sites excluding steroid dienone is 1. The van der Waals surface area contributed by atoms with Gasteiger partial charge in [0.2, 0.25) is 0 Å². The van der Waals surface area contributed by atoms with E-state index in [2.05, 4.69) is 35.8 Å². The first kappa shape index (κ1) is 12.6. The van der Waals surface area contributed by atoms with Crippen molar-refractivity contribution in [1.82, 2.24) is 4.90 Å². The van der Waals surface area contributed by atoms with Crippen molar-refractivity contribution in [3.8, 4) is 0 Å². The van der Waals surface area contributed by atoms with Crippen molar-refractivity contribution in [1.29, 1.82) is 0 Å². The van der Waals surface area contributed by atoms with Gasteiger partial charge in [-0.2, -0.15) is 0 Å². The third kappa shape index (κ3) is 2.36. The number of benzene rings is 1. The Morgan fingerprint density at radius 2 is 2.33 bits per heavy atom. The molecule has 0 aliphatic carbocycles. The van der Waals surface area contributed by atoms with Gasteiger partial charge >= 0.3 is 0 Å². The van der Waals surface area contributed by atoms with E-state index in [1.165, 1.54) is 11.1 Å². The summed E-state index contributed by atoms with van der Waals surface area (Å²) < 4.78 is 0. The van der Waals surface area contributed by atoms with E-state index in [1.807, 2.05) is 31.3 Å². The molecule has 1 aromatic rings. The van der Waals surface area contributed by atoms with Gasteiger partial charge in [0.25, 0.3) is 0 Å². The molecule has 0 saturated heterocycles. The van der Waals surface area contributed by atoms with Crippen molar-refractivity contribution in [3.05, 3.63) is 53.7 Å². The molecule has 1 aromatic carbocycles. The number of rotatable bonds is 3. The summed E-state index contributed by atoms with van der Waals surface area (Å²) in [6.45, 7) is 5.83. The molecule has 1 unspecified atom stereocenters. The Morgan fingerprint density at radius 1 is 1.56 bits per heavy atom. The summed E-state index contributed by atoms with van der Waals surface area (Å²) in [6.07, 6.45) is 6.44. The summed E-state index contributed by atoms with van der Waals surface area (Å²) in [6, 6.07) is 6.40. The Kier molecular flexibility index (Phi) is 3.63. The van der Waals surface area contributed by atoms with Crippen LogP contribution >= 0.6 is 0 Å². The lowest BCUT2D eigenvalue weighted by molar-refractivity contribution is 0.655. The normalized spacial score (nSPS) is 18.4. The number of hydrogen-bond acceptors (Lipinski definition) is 3. The third-order valence-electron chi connectivity index (χ3n) is 3.20. The summed E-state index contributed by atoms with van der Waals surface area (Å²) >= 11 is 0. The van der Waals surface area contributed by atoms with Gasteiger partial charge in [0.05, 0.1) is 0 Å². The fourth-order valence-corrected chi connectivity index (χ4v) is 2.19. The van der Waals surface area contributed by atoms with Crippen LogP contribution in [0.15, 0.2) is 42.0 Å². The van der Waals surface area contributed by atoms with Crippen LogP contribution in [0.4, 0.5) is 0 Å². The van der Waals surface area contributed by atoms with E-state index in [9.17, 15) is 0 Å². The maximum Gasteiger partial charge on any atom is 0.101 e. The van der Waals surface area contributed by atoms with Gasteiger partial charge in [0.15, 0.2) is 0 Å². The third-order valence-corrected chi connectivity index (χ3v) is 3.20. The fraction of sp³-hybridized carbons (Fsp3) is 0.267. The zero-order valence-corrected chi connectivity index (χ0v) is 10.9. The molecule has 2 N–H and O–H groups in total. The monoisotopic (exact) mass is 241 g/mol. The molecule has 0 aromatic heterocycles. The Morgan fingerprint density at radius 3 is 3.00 bits per heavy atom. The van der Waals surface area contributed by atoms with E-state index in [1.54, 1.807) is 0 Å². The smallest absolute Gasteiger partial charge is 0.101 e. The maximum absolute atomic E-state index is 5.86. The highest BCUT2D eigenvalue weighted by atomic mass is 15.1. The van der Waals surface area contributed by atoms with Crippen LogP contribution < -0.4 is 5.73 Å². The van der Waals surface area contributed by atoms with Gasteiger partial charge in [-0.3, -0.25) is 4.99 Å². The molecule has 0 bridgehead atoms. The lowest BCUT2D eigenvalue weighted by Crippen LogP contribution is -2.24. The molecular weight excluding hydrogens is 222 g/mol. The molecule has 0 radical (unpaired) electrons. The van der Waals surface area contributed by atoms with Crippen molar-refractivity contribution < 1.29 is 0 Å². The molecule has 3 heteroatoms. The Bertz CT molecular complexity index is 514. The van der Waals surface area contributed by atoms with Gasteiger partial charge in [0.1, 0.15) is 6.17 Å². The molecule has 0 spiro atoms. The van der Waals surface area contributed by atoms with Crippen molar-refractivity contribution >= 4 is 11.9 Å². The Hall–Kier alpha value is -1.87. The topological polar surface area (TPSA) is 41.6 Å². The molecule has 2 rings (SSSR count). The number of nitrogens with zero attached hydrogens (tertiary/aromatic N) is 2. The zero-order valence-electron chi connectivity index (χ0n) is 10.9. The predicted octanol–water partition coefficient (Wildman–Crippen LogP) is 2.38. The predicted molar refractivity (Wildman–Crippen MR) is 77.3 cm³/mol. The van der Waals surface area contributed by atoms with Crippen molar-refractivity contribution in [2.75, 3.05) is 7.05 Å². The molecule has 0 saturated carbocycles. The van der Waals surface area contributed by atoms with E-state index >= 15 is 0 Å². The lowest BCUT2D eigenvalue weighted by Gasteiger charge is -2.21. The average molecular weight is 241 g/mol. The highest BCUT2D eigenvalue weighted by molar-refractivity contribution is 5.84. The van der Waals surface area contributed by atoms with Crippen molar-refractivity contribution in [3.63, 3.8) is 0 Å². The van der Waals surface area contributed by atoms with Gasteiger partial charge < -0.3 is 10.6 Å². The summed E-state index contributed by atoms with van der Waals surface area (Å²) in [5, 5.41) is 0. The zero-order chi connectivity index (χ0) is 13.1. The maximum atomic E-state index is 5.86. The molecule has 0 fully saturated rings. The second-order valence-electron chi connectivity index (χ2n) is 4.43. The van der Waals surface area contributed by atoms with Gasteiger partial charge in [-0.15, -0.1) is 0 Å². The molecule has 3 nitrogen and oxygen atoms in total. The number of fused-ring (bicyclic) bond motifs is 1. The minimum atomic E-state index is -0.112. The van der Waals surface area contributed by atoms with Crippen LogP contribution in [0.25, 0.3) is 5.70 Å².